The van der Waals surface area contributed by atoms with Crippen LogP contribution in [-0.2, 0) is 0 Å². The number of hydrogen-bond donors (Lipinski definition) is 1. The van der Waals surface area contributed by atoms with Crippen LogP contribution in [0.2, 0.25) is 5.02 Å². The van der Waals surface area contributed by atoms with Gasteiger partial charge in [-0.25, -0.2) is 4.98 Å². The molecule has 25 heavy (non-hydrogen) atoms. The van der Waals surface area contributed by atoms with E-state index >= 15 is 0 Å². The minimum Gasteiger partial charge on any atom is -0.474 e. The maximum Gasteiger partial charge on any atom is 0.255 e. The molecule has 2 heterocycles. The molecule has 1 aromatic heterocycles. The number of amides is 2. The van der Waals surface area contributed by atoms with Crippen molar-refractivity contribution in [2.75, 3.05) is 13.1 Å². The lowest BCUT2D eigenvalue weighted by Gasteiger charge is -2.32. The Morgan fingerprint density at radius 3 is 2.48 bits per heavy atom. The molecule has 6 nitrogen and oxygen atoms in total. The molecule has 2 N–H and O–H groups in total. The monoisotopic (exact) mass is 359 g/mol. The van der Waals surface area contributed by atoms with Crippen LogP contribution in [0.25, 0.3) is 0 Å². The second kappa shape index (κ2) is 7.53. The number of nitrogens with zero attached hydrogens (tertiary/aromatic N) is 2. The quantitative estimate of drug-likeness (QED) is 0.908. The summed E-state index contributed by atoms with van der Waals surface area (Å²) in [5.41, 5.74) is 6.04. The highest BCUT2D eigenvalue weighted by Crippen LogP contribution is 2.22. The molecule has 0 atom stereocenters. The number of carbonyl (C=O) groups excluding carboxylic acids is 2. The molecule has 3 rings (SSSR count). The molecule has 2 amide bonds. The highest BCUT2D eigenvalue weighted by Gasteiger charge is 2.25. The number of piperidine rings is 1. The van der Waals surface area contributed by atoms with E-state index in [2.05, 4.69) is 4.98 Å². The maximum atomic E-state index is 12.5. The predicted octanol–water partition coefficient (Wildman–Crippen LogP) is 2.52. The lowest BCUT2D eigenvalue weighted by molar-refractivity contribution is 0.0588. The van der Waals surface area contributed by atoms with Crippen molar-refractivity contribution in [2.45, 2.75) is 18.9 Å². The van der Waals surface area contributed by atoms with Crippen LogP contribution in [0.5, 0.6) is 5.88 Å². The van der Waals surface area contributed by atoms with Crippen molar-refractivity contribution in [1.29, 1.82) is 0 Å². The minimum atomic E-state index is -0.523. The number of halogens is 1. The molecule has 0 saturated carbocycles. The van der Waals surface area contributed by atoms with E-state index in [1.54, 1.807) is 41.3 Å². The van der Waals surface area contributed by atoms with Gasteiger partial charge < -0.3 is 15.4 Å². The summed E-state index contributed by atoms with van der Waals surface area (Å²) in [7, 11) is 0. The van der Waals surface area contributed by atoms with Crippen molar-refractivity contribution in [2.24, 2.45) is 5.73 Å². The number of benzene rings is 1. The summed E-state index contributed by atoms with van der Waals surface area (Å²) in [6.45, 7) is 1.18. The van der Waals surface area contributed by atoms with E-state index in [1.807, 2.05) is 0 Å². The van der Waals surface area contributed by atoms with Gasteiger partial charge in [0.2, 0.25) is 11.8 Å². The Kier molecular flexibility index (Phi) is 5.19. The van der Waals surface area contributed by atoms with E-state index in [0.717, 1.165) is 0 Å². The summed E-state index contributed by atoms with van der Waals surface area (Å²) in [5.74, 6) is -0.140. The maximum absolute atomic E-state index is 12.5. The van der Waals surface area contributed by atoms with Crippen molar-refractivity contribution in [3.05, 3.63) is 58.7 Å². The first kappa shape index (κ1) is 17.2. The van der Waals surface area contributed by atoms with Gasteiger partial charge in [-0.05, 0) is 18.2 Å². The summed E-state index contributed by atoms with van der Waals surface area (Å²) in [6.07, 6.45) is 2.78. The standard InChI is InChI=1S/C18H18ClN3O3/c19-15-4-2-1-3-14(15)18(24)22-9-7-13(8-10-22)25-16-6-5-12(11-21-16)17(20)23/h1-6,11,13H,7-10H2,(H2,20,23). The highest BCUT2D eigenvalue weighted by molar-refractivity contribution is 6.33. The van der Waals surface area contributed by atoms with Crippen molar-refractivity contribution < 1.29 is 14.3 Å². The second-order valence-electron chi connectivity index (χ2n) is 5.84. The van der Waals surface area contributed by atoms with E-state index in [0.29, 0.717) is 48.0 Å². The molecule has 0 bridgehead atoms. The summed E-state index contributed by atoms with van der Waals surface area (Å²) >= 11 is 6.10. The van der Waals surface area contributed by atoms with E-state index in [9.17, 15) is 9.59 Å². The van der Waals surface area contributed by atoms with Crippen LogP contribution in [0.3, 0.4) is 0 Å². The predicted molar refractivity (Wildman–Crippen MR) is 93.8 cm³/mol. The van der Waals surface area contributed by atoms with E-state index in [4.69, 9.17) is 22.1 Å². The Labute approximate surface area is 150 Å². The Balaban J connectivity index is 1.56. The number of ether oxygens (including phenoxy) is 1. The van der Waals surface area contributed by atoms with Gasteiger partial charge in [0, 0.05) is 38.2 Å². The lowest BCUT2D eigenvalue weighted by Crippen LogP contribution is -2.42. The van der Waals surface area contributed by atoms with Crippen molar-refractivity contribution in [3.8, 4) is 5.88 Å². The molecule has 1 fully saturated rings. The van der Waals surface area contributed by atoms with Crippen LogP contribution in [0.15, 0.2) is 42.6 Å². The zero-order valence-corrected chi connectivity index (χ0v) is 14.3. The summed E-state index contributed by atoms with van der Waals surface area (Å²) in [5, 5.41) is 0.463. The zero-order chi connectivity index (χ0) is 17.8. The van der Waals surface area contributed by atoms with Crippen LogP contribution in [0.4, 0.5) is 0 Å². The molecular weight excluding hydrogens is 342 g/mol. The molecule has 1 aliphatic heterocycles. The first-order valence-electron chi connectivity index (χ1n) is 8.01. The van der Waals surface area contributed by atoms with Gasteiger partial charge >= 0.3 is 0 Å². The summed E-state index contributed by atoms with van der Waals surface area (Å²) in [4.78, 5) is 29.4. The Morgan fingerprint density at radius 2 is 1.88 bits per heavy atom. The zero-order valence-electron chi connectivity index (χ0n) is 13.5. The molecule has 1 aromatic carbocycles. The number of pyridine rings is 1. The number of nitrogens with two attached hydrogens (primary N) is 1. The molecule has 2 aromatic rings. The number of aromatic nitrogens is 1. The van der Waals surface area contributed by atoms with Crippen LogP contribution in [0, 0.1) is 0 Å². The Morgan fingerprint density at radius 1 is 1.16 bits per heavy atom. The van der Waals surface area contributed by atoms with Crippen LogP contribution in [0.1, 0.15) is 33.6 Å². The van der Waals surface area contributed by atoms with Gasteiger partial charge in [-0.15, -0.1) is 0 Å². The number of rotatable bonds is 4. The van der Waals surface area contributed by atoms with Crippen molar-refractivity contribution in [1.82, 2.24) is 9.88 Å². The van der Waals surface area contributed by atoms with Gasteiger partial charge in [0.25, 0.3) is 5.91 Å². The second-order valence-corrected chi connectivity index (χ2v) is 6.25. The third-order valence-corrected chi connectivity index (χ3v) is 4.47. The molecule has 1 saturated heterocycles. The van der Waals surface area contributed by atoms with Crippen LogP contribution in [-0.4, -0.2) is 40.9 Å². The first-order valence-corrected chi connectivity index (χ1v) is 8.38. The van der Waals surface area contributed by atoms with Gasteiger partial charge in [-0.1, -0.05) is 23.7 Å². The lowest BCUT2D eigenvalue weighted by atomic mass is 10.1. The van der Waals surface area contributed by atoms with Gasteiger partial charge in [-0.2, -0.15) is 0 Å². The fourth-order valence-electron chi connectivity index (χ4n) is 2.75. The number of likely N-dealkylation sites (tertiary alicyclic amines) is 1. The molecule has 7 heteroatoms. The Bertz CT molecular complexity index is 771. The molecule has 0 aliphatic carbocycles. The fourth-order valence-corrected chi connectivity index (χ4v) is 2.96. The minimum absolute atomic E-state index is 0.0257. The normalized spacial score (nSPS) is 15.0. The van der Waals surface area contributed by atoms with Gasteiger partial charge in [-0.3, -0.25) is 9.59 Å². The largest absolute Gasteiger partial charge is 0.474 e. The van der Waals surface area contributed by atoms with Gasteiger partial charge in [0.15, 0.2) is 0 Å². The van der Waals surface area contributed by atoms with Gasteiger partial charge in [0.1, 0.15) is 6.10 Å². The molecule has 130 valence electrons. The summed E-state index contributed by atoms with van der Waals surface area (Å²) in [6, 6.07) is 10.3. The SMILES string of the molecule is NC(=O)c1ccc(OC2CCN(C(=O)c3ccccc3Cl)CC2)nc1. The number of hydrogen-bond acceptors (Lipinski definition) is 4. The average Bonchev–Trinajstić information content (AvgIpc) is 2.63. The van der Waals surface area contributed by atoms with Crippen LogP contribution < -0.4 is 10.5 Å². The van der Waals surface area contributed by atoms with Crippen molar-refractivity contribution in [3.63, 3.8) is 0 Å². The van der Waals surface area contributed by atoms with Crippen molar-refractivity contribution >= 4 is 23.4 Å². The topological polar surface area (TPSA) is 85.5 Å². The van der Waals surface area contributed by atoms with Crippen LogP contribution >= 0.6 is 11.6 Å². The first-order chi connectivity index (χ1) is 12.0. The molecule has 0 radical (unpaired) electrons. The molecule has 0 unspecified atom stereocenters. The highest BCUT2D eigenvalue weighted by atomic mass is 35.5. The smallest absolute Gasteiger partial charge is 0.255 e. The van der Waals surface area contributed by atoms with E-state index in [1.165, 1.54) is 6.20 Å². The number of carbonyl (C=O) groups is 2. The molecule has 0 spiro atoms. The van der Waals surface area contributed by atoms with Gasteiger partial charge in [0.05, 0.1) is 16.1 Å². The Hall–Kier alpha value is -2.60. The third-order valence-electron chi connectivity index (χ3n) is 4.14. The van der Waals surface area contributed by atoms with E-state index in [-0.39, 0.29) is 12.0 Å². The molecule has 1 aliphatic rings. The average molecular weight is 360 g/mol. The number of primary amides is 1. The van der Waals surface area contributed by atoms with E-state index < -0.39 is 5.91 Å². The summed E-state index contributed by atoms with van der Waals surface area (Å²) < 4.78 is 5.82. The third kappa shape index (κ3) is 4.09. The molecular formula is C18H18ClN3O3. The fraction of sp³-hybridized carbons (Fsp3) is 0.278.